The number of hydrogen-bond acceptors (Lipinski definition) is 5. The Labute approximate surface area is 119 Å². The molecule has 1 fully saturated rings. The third kappa shape index (κ3) is 3.47. The van der Waals surface area contributed by atoms with Crippen molar-refractivity contribution in [2.45, 2.75) is 40.0 Å². The fourth-order valence-corrected chi connectivity index (χ4v) is 2.41. The van der Waals surface area contributed by atoms with Crippen LogP contribution in [0.15, 0.2) is 0 Å². The molecule has 0 radical (unpaired) electrons. The summed E-state index contributed by atoms with van der Waals surface area (Å²) in [5.74, 6) is 0.626. The van der Waals surface area contributed by atoms with Crippen LogP contribution in [0.3, 0.4) is 0 Å². The molecule has 0 saturated carbocycles. The average Bonchev–Trinajstić information content (AvgIpc) is 2.39. The van der Waals surface area contributed by atoms with Crippen LogP contribution in [-0.2, 0) is 0 Å². The molecule has 1 aromatic heterocycles. The van der Waals surface area contributed by atoms with Gasteiger partial charge in [0.25, 0.3) is 0 Å². The zero-order valence-electron chi connectivity index (χ0n) is 11.8. The van der Waals surface area contributed by atoms with Gasteiger partial charge in [-0.2, -0.15) is 15.0 Å². The van der Waals surface area contributed by atoms with Crippen molar-refractivity contribution in [3.63, 3.8) is 0 Å². The van der Waals surface area contributed by atoms with Gasteiger partial charge in [-0.3, -0.25) is 0 Å². The molecule has 1 aliphatic heterocycles. The second-order valence-electron chi connectivity index (χ2n) is 5.27. The van der Waals surface area contributed by atoms with Crippen LogP contribution in [0, 0.1) is 5.41 Å². The van der Waals surface area contributed by atoms with Gasteiger partial charge in [-0.15, -0.1) is 0 Å². The molecule has 0 atom stereocenters. The van der Waals surface area contributed by atoms with Crippen molar-refractivity contribution in [1.82, 2.24) is 15.0 Å². The predicted octanol–water partition coefficient (Wildman–Crippen LogP) is 2.94. The highest BCUT2D eigenvalue weighted by atomic mass is 35.5. The SMILES string of the molecule is CCOc1nc(Cl)nc(N2CCC(C)(CC)CC2)n1. The molecule has 1 saturated heterocycles. The Hall–Kier alpha value is -1.10. The molecule has 6 heteroatoms. The Morgan fingerprint density at radius 1 is 1.21 bits per heavy atom. The summed E-state index contributed by atoms with van der Waals surface area (Å²) >= 11 is 5.92. The van der Waals surface area contributed by atoms with Crippen LogP contribution in [0.2, 0.25) is 5.28 Å². The lowest BCUT2D eigenvalue weighted by molar-refractivity contribution is 0.236. The normalized spacial score (nSPS) is 18.4. The van der Waals surface area contributed by atoms with E-state index in [9.17, 15) is 0 Å². The van der Waals surface area contributed by atoms with E-state index in [1.807, 2.05) is 6.92 Å². The maximum Gasteiger partial charge on any atom is 0.322 e. The van der Waals surface area contributed by atoms with Gasteiger partial charge in [-0.25, -0.2) is 0 Å². The van der Waals surface area contributed by atoms with E-state index in [1.165, 1.54) is 6.42 Å². The highest BCUT2D eigenvalue weighted by Crippen LogP contribution is 2.35. The molecule has 106 valence electrons. The van der Waals surface area contributed by atoms with Crippen LogP contribution < -0.4 is 9.64 Å². The van der Waals surface area contributed by atoms with E-state index in [0.29, 0.717) is 24.0 Å². The van der Waals surface area contributed by atoms with Crippen molar-refractivity contribution >= 4 is 17.5 Å². The summed E-state index contributed by atoms with van der Waals surface area (Å²) in [7, 11) is 0. The molecule has 0 spiro atoms. The molecular formula is C13H21ClN4O. The highest BCUT2D eigenvalue weighted by Gasteiger charge is 2.29. The van der Waals surface area contributed by atoms with Crippen LogP contribution in [-0.4, -0.2) is 34.6 Å². The molecule has 0 amide bonds. The number of halogens is 1. The second-order valence-corrected chi connectivity index (χ2v) is 5.61. The van der Waals surface area contributed by atoms with E-state index >= 15 is 0 Å². The Kier molecular flexibility index (Phi) is 4.45. The minimum Gasteiger partial charge on any atom is -0.464 e. The number of aromatic nitrogens is 3. The number of nitrogens with zero attached hydrogens (tertiary/aromatic N) is 4. The van der Waals surface area contributed by atoms with E-state index in [-0.39, 0.29) is 5.28 Å². The highest BCUT2D eigenvalue weighted by molar-refractivity contribution is 6.28. The molecule has 2 rings (SSSR count). The lowest BCUT2D eigenvalue weighted by atomic mass is 9.78. The van der Waals surface area contributed by atoms with Gasteiger partial charge in [-0.05, 0) is 36.8 Å². The topological polar surface area (TPSA) is 51.1 Å². The maximum atomic E-state index is 5.92. The van der Waals surface area contributed by atoms with Crippen molar-refractivity contribution in [1.29, 1.82) is 0 Å². The van der Waals surface area contributed by atoms with Gasteiger partial charge in [-0.1, -0.05) is 20.3 Å². The second kappa shape index (κ2) is 5.90. The lowest BCUT2D eigenvalue weighted by Gasteiger charge is -2.38. The molecule has 0 bridgehead atoms. The van der Waals surface area contributed by atoms with E-state index in [0.717, 1.165) is 25.9 Å². The van der Waals surface area contributed by atoms with Crippen molar-refractivity contribution in [3.05, 3.63) is 5.28 Å². The van der Waals surface area contributed by atoms with Crippen molar-refractivity contribution < 1.29 is 4.74 Å². The van der Waals surface area contributed by atoms with Gasteiger partial charge in [0, 0.05) is 13.1 Å². The molecule has 0 unspecified atom stereocenters. The van der Waals surface area contributed by atoms with Crippen molar-refractivity contribution in [2.24, 2.45) is 5.41 Å². The first-order valence-corrected chi connectivity index (χ1v) is 7.23. The first-order chi connectivity index (χ1) is 9.06. The predicted molar refractivity (Wildman–Crippen MR) is 75.9 cm³/mol. The van der Waals surface area contributed by atoms with Gasteiger partial charge in [0.1, 0.15) is 0 Å². The quantitative estimate of drug-likeness (QED) is 0.851. The third-order valence-electron chi connectivity index (χ3n) is 3.96. The zero-order valence-corrected chi connectivity index (χ0v) is 12.6. The third-order valence-corrected chi connectivity index (χ3v) is 4.13. The number of rotatable bonds is 4. The lowest BCUT2D eigenvalue weighted by Crippen LogP contribution is -2.39. The van der Waals surface area contributed by atoms with E-state index in [2.05, 4.69) is 33.7 Å². The summed E-state index contributed by atoms with van der Waals surface area (Å²) in [5.41, 5.74) is 0.441. The van der Waals surface area contributed by atoms with Gasteiger partial charge in [0.15, 0.2) is 0 Å². The molecule has 0 aromatic carbocycles. The molecule has 1 aromatic rings. The monoisotopic (exact) mass is 284 g/mol. The van der Waals surface area contributed by atoms with Crippen LogP contribution in [0.1, 0.15) is 40.0 Å². The van der Waals surface area contributed by atoms with Gasteiger partial charge < -0.3 is 9.64 Å². The van der Waals surface area contributed by atoms with Crippen LogP contribution in [0.25, 0.3) is 0 Å². The van der Waals surface area contributed by atoms with Crippen molar-refractivity contribution in [3.8, 4) is 6.01 Å². The smallest absolute Gasteiger partial charge is 0.322 e. The fourth-order valence-electron chi connectivity index (χ4n) is 2.26. The summed E-state index contributed by atoms with van der Waals surface area (Å²) < 4.78 is 5.31. The van der Waals surface area contributed by atoms with Crippen LogP contribution in [0.5, 0.6) is 6.01 Å². The van der Waals surface area contributed by atoms with Gasteiger partial charge in [0.2, 0.25) is 11.2 Å². The zero-order chi connectivity index (χ0) is 13.9. The Balaban J connectivity index is 2.10. The van der Waals surface area contributed by atoms with E-state index < -0.39 is 0 Å². The minimum atomic E-state index is 0.192. The number of anilines is 1. The summed E-state index contributed by atoms with van der Waals surface area (Å²) in [5, 5.41) is 0.192. The van der Waals surface area contributed by atoms with Crippen molar-refractivity contribution in [2.75, 3.05) is 24.6 Å². The molecular weight excluding hydrogens is 264 g/mol. The Morgan fingerprint density at radius 3 is 2.47 bits per heavy atom. The van der Waals surface area contributed by atoms with Gasteiger partial charge >= 0.3 is 6.01 Å². The summed E-state index contributed by atoms with van der Waals surface area (Å²) in [4.78, 5) is 14.6. The van der Waals surface area contributed by atoms with Gasteiger partial charge in [0.05, 0.1) is 6.61 Å². The summed E-state index contributed by atoms with van der Waals surface area (Å²) in [6.45, 7) is 8.92. The number of ether oxygens (including phenoxy) is 1. The first-order valence-electron chi connectivity index (χ1n) is 6.85. The number of hydrogen-bond donors (Lipinski definition) is 0. The Morgan fingerprint density at radius 2 is 1.89 bits per heavy atom. The Bertz CT molecular complexity index is 433. The number of piperidine rings is 1. The molecule has 0 N–H and O–H groups in total. The molecule has 19 heavy (non-hydrogen) atoms. The molecule has 0 aliphatic carbocycles. The molecule has 5 nitrogen and oxygen atoms in total. The fraction of sp³-hybridized carbons (Fsp3) is 0.769. The summed E-state index contributed by atoms with van der Waals surface area (Å²) in [6.07, 6.45) is 3.51. The van der Waals surface area contributed by atoms with Crippen LogP contribution in [0.4, 0.5) is 5.95 Å². The first kappa shape index (κ1) is 14.3. The van der Waals surface area contributed by atoms with E-state index in [1.54, 1.807) is 0 Å². The van der Waals surface area contributed by atoms with E-state index in [4.69, 9.17) is 16.3 Å². The van der Waals surface area contributed by atoms with Crippen LogP contribution >= 0.6 is 11.6 Å². The maximum absolute atomic E-state index is 5.92. The summed E-state index contributed by atoms with van der Waals surface area (Å²) in [6, 6.07) is 0.307. The minimum absolute atomic E-state index is 0.192. The molecule has 1 aliphatic rings. The average molecular weight is 285 g/mol. The standard InChI is InChI=1S/C13H21ClN4O/c1-4-13(3)6-8-18(9-7-13)11-15-10(14)16-12(17-11)19-5-2/h4-9H2,1-3H3. The molecule has 2 heterocycles. The largest absolute Gasteiger partial charge is 0.464 e.